The van der Waals surface area contributed by atoms with Gasteiger partial charge >= 0.3 is 0 Å². The van der Waals surface area contributed by atoms with Gasteiger partial charge in [-0.05, 0) is 31.0 Å². The van der Waals surface area contributed by atoms with E-state index in [9.17, 15) is 14.3 Å². The van der Waals surface area contributed by atoms with E-state index in [1.54, 1.807) is 12.5 Å². The molecule has 0 atom stereocenters. The van der Waals surface area contributed by atoms with Gasteiger partial charge < -0.3 is 15.0 Å². The minimum absolute atomic E-state index is 0.0420. The van der Waals surface area contributed by atoms with Gasteiger partial charge in [0.05, 0.1) is 11.9 Å². The van der Waals surface area contributed by atoms with Gasteiger partial charge in [-0.15, -0.1) is 0 Å². The average molecular weight is 277 g/mol. The predicted molar refractivity (Wildman–Crippen MR) is 71.9 cm³/mol. The van der Waals surface area contributed by atoms with Crippen molar-refractivity contribution in [2.75, 3.05) is 6.54 Å². The Labute approximate surface area is 116 Å². The lowest BCUT2D eigenvalue weighted by Gasteiger charge is -2.07. The number of phenolic OH excluding ortho intramolecular Hbond substituents is 1. The number of hydrogen-bond acceptors (Lipinski definition) is 3. The molecule has 0 aliphatic carbocycles. The van der Waals surface area contributed by atoms with Crippen LogP contribution < -0.4 is 5.32 Å². The van der Waals surface area contributed by atoms with E-state index in [1.165, 1.54) is 6.07 Å². The van der Waals surface area contributed by atoms with Crippen molar-refractivity contribution in [2.24, 2.45) is 0 Å². The van der Waals surface area contributed by atoms with Gasteiger partial charge in [0.2, 0.25) is 0 Å². The number of halogens is 1. The number of nitrogens with one attached hydrogen (secondary N) is 1. The van der Waals surface area contributed by atoms with Gasteiger partial charge in [-0.1, -0.05) is 0 Å². The third kappa shape index (κ3) is 3.81. The lowest BCUT2D eigenvalue weighted by Crippen LogP contribution is -2.24. The van der Waals surface area contributed by atoms with Gasteiger partial charge in [0.15, 0.2) is 0 Å². The number of carbonyl (C=O) groups excluding carboxylic acids is 1. The molecule has 0 radical (unpaired) electrons. The van der Waals surface area contributed by atoms with Crippen molar-refractivity contribution in [3.63, 3.8) is 0 Å². The Morgan fingerprint density at radius 3 is 3.00 bits per heavy atom. The van der Waals surface area contributed by atoms with Crippen LogP contribution in [-0.4, -0.2) is 27.1 Å². The number of phenols is 1. The molecule has 0 saturated heterocycles. The Balaban J connectivity index is 1.73. The Hall–Kier alpha value is -2.37. The summed E-state index contributed by atoms with van der Waals surface area (Å²) in [5, 5.41) is 12.2. The Morgan fingerprint density at radius 2 is 2.25 bits per heavy atom. The molecule has 2 aromatic rings. The monoisotopic (exact) mass is 277 g/mol. The van der Waals surface area contributed by atoms with Crippen LogP contribution in [0.25, 0.3) is 0 Å². The van der Waals surface area contributed by atoms with E-state index >= 15 is 0 Å². The molecule has 0 aliphatic rings. The summed E-state index contributed by atoms with van der Waals surface area (Å²) in [6.07, 6.45) is 7.02. The first-order valence-corrected chi connectivity index (χ1v) is 6.39. The minimum atomic E-state index is -0.548. The second-order valence-corrected chi connectivity index (χ2v) is 4.42. The molecule has 2 rings (SSSR count). The largest absolute Gasteiger partial charge is 0.507 e. The number of nitrogens with zero attached hydrogens (tertiary/aromatic N) is 2. The smallest absolute Gasteiger partial charge is 0.255 e. The highest BCUT2D eigenvalue weighted by Gasteiger charge is 2.11. The number of aromatic hydroxyl groups is 1. The van der Waals surface area contributed by atoms with Crippen molar-refractivity contribution < 1.29 is 14.3 Å². The van der Waals surface area contributed by atoms with E-state index in [2.05, 4.69) is 10.3 Å². The zero-order chi connectivity index (χ0) is 14.4. The molecule has 5 nitrogen and oxygen atoms in total. The van der Waals surface area contributed by atoms with Crippen LogP contribution in [0.5, 0.6) is 5.75 Å². The van der Waals surface area contributed by atoms with Crippen LogP contribution in [0.2, 0.25) is 0 Å². The zero-order valence-electron chi connectivity index (χ0n) is 10.9. The summed E-state index contributed by atoms with van der Waals surface area (Å²) in [6.45, 7) is 1.31. The fourth-order valence-electron chi connectivity index (χ4n) is 1.83. The summed E-state index contributed by atoms with van der Waals surface area (Å²) in [5.74, 6) is -1.24. The molecular formula is C14H16FN3O2. The number of rotatable bonds is 6. The maximum Gasteiger partial charge on any atom is 0.255 e. The highest BCUT2D eigenvalue weighted by molar-refractivity contribution is 5.96. The Morgan fingerprint density at radius 1 is 1.40 bits per heavy atom. The third-order valence-corrected chi connectivity index (χ3v) is 2.89. The van der Waals surface area contributed by atoms with Crippen LogP contribution in [0.15, 0.2) is 36.9 Å². The van der Waals surface area contributed by atoms with Crippen LogP contribution in [0.1, 0.15) is 23.2 Å². The molecule has 2 N–H and O–H groups in total. The standard InChI is InChI=1S/C14H16FN3O2/c15-11-3-4-13(19)12(9-11)14(20)17-5-1-2-7-18-8-6-16-10-18/h3-4,6,8-10,19H,1-2,5,7H2,(H,17,20). The van der Waals surface area contributed by atoms with Gasteiger partial charge in [-0.3, -0.25) is 4.79 Å². The Bertz CT molecular complexity index is 570. The molecule has 1 aromatic carbocycles. The molecule has 1 amide bonds. The summed E-state index contributed by atoms with van der Waals surface area (Å²) in [5.41, 5.74) is -0.0420. The number of amides is 1. The highest BCUT2D eigenvalue weighted by atomic mass is 19.1. The van der Waals surface area contributed by atoms with Gasteiger partial charge in [0, 0.05) is 25.5 Å². The predicted octanol–water partition coefficient (Wildman–Crippen LogP) is 1.94. The van der Waals surface area contributed by atoms with Gasteiger partial charge in [0.1, 0.15) is 11.6 Å². The van der Waals surface area contributed by atoms with Crippen LogP contribution in [-0.2, 0) is 6.54 Å². The molecule has 20 heavy (non-hydrogen) atoms. The number of benzene rings is 1. The second-order valence-electron chi connectivity index (χ2n) is 4.42. The molecule has 1 heterocycles. The van der Waals surface area contributed by atoms with Crippen molar-refractivity contribution in [3.05, 3.63) is 48.3 Å². The molecule has 6 heteroatoms. The van der Waals surface area contributed by atoms with Crippen LogP contribution in [0.3, 0.4) is 0 Å². The summed E-state index contributed by atoms with van der Waals surface area (Å²) in [7, 11) is 0. The molecule has 106 valence electrons. The maximum absolute atomic E-state index is 13.0. The van der Waals surface area contributed by atoms with E-state index in [4.69, 9.17) is 0 Å². The van der Waals surface area contributed by atoms with E-state index in [0.29, 0.717) is 6.54 Å². The molecule has 1 aromatic heterocycles. The lowest BCUT2D eigenvalue weighted by molar-refractivity contribution is 0.0949. The first-order valence-electron chi connectivity index (χ1n) is 6.39. The summed E-state index contributed by atoms with van der Waals surface area (Å²) >= 11 is 0. The number of unbranched alkanes of at least 4 members (excludes halogenated alkanes) is 1. The lowest BCUT2D eigenvalue weighted by atomic mass is 10.2. The van der Waals surface area contributed by atoms with Crippen molar-refractivity contribution in [2.45, 2.75) is 19.4 Å². The molecular weight excluding hydrogens is 261 g/mol. The minimum Gasteiger partial charge on any atom is -0.507 e. The summed E-state index contributed by atoms with van der Waals surface area (Å²) in [4.78, 5) is 15.7. The van der Waals surface area contributed by atoms with Gasteiger partial charge in [-0.25, -0.2) is 9.37 Å². The van der Waals surface area contributed by atoms with Crippen molar-refractivity contribution in [1.29, 1.82) is 0 Å². The molecule has 0 bridgehead atoms. The first-order chi connectivity index (χ1) is 9.66. The normalized spacial score (nSPS) is 10.4. The number of imidazole rings is 1. The molecule has 0 spiro atoms. The highest BCUT2D eigenvalue weighted by Crippen LogP contribution is 2.17. The van der Waals surface area contributed by atoms with Crippen LogP contribution in [0, 0.1) is 5.82 Å². The van der Waals surface area contributed by atoms with Gasteiger partial charge in [-0.2, -0.15) is 0 Å². The molecule has 0 unspecified atom stereocenters. The number of carbonyl (C=O) groups is 1. The molecule has 0 fully saturated rings. The topological polar surface area (TPSA) is 67.2 Å². The Kier molecular flexibility index (Phi) is 4.70. The number of aromatic nitrogens is 2. The van der Waals surface area contributed by atoms with Gasteiger partial charge in [0.25, 0.3) is 5.91 Å². The number of aryl methyl sites for hydroxylation is 1. The third-order valence-electron chi connectivity index (χ3n) is 2.89. The average Bonchev–Trinajstić information content (AvgIpc) is 2.94. The quantitative estimate of drug-likeness (QED) is 0.793. The van der Waals surface area contributed by atoms with Crippen LogP contribution in [0.4, 0.5) is 4.39 Å². The van der Waals surface area contributed by atoms with Crippen LogP contribution >= 0.6 is 0 Å². The van der Waals surface area contributed by atoms with Crippen molar-refractivity contribution >= 4 is 5.91 Å². The van der Waals surface area contributed by atoms with E-state index < -0.39 is 11.7 Å². The van der Waals surface area contributed by atoms with Crippen molar-refractivity contribution in [3.8, 4) is 5.75 Å². The fraction of sp³-hybridized carbons (Fsp3) is 0.286. The maximum atomic E-state index is 13.0. The second kappa shape index (κ2) is 6.70. The molecule has 0 aliphatic heterocycles. The van der Waals surface area contributed by atoms with E-state index in [0.717, 1.165) is 31.5 Å². The summed E-state index contributed by atoms with van der Waals surface area (Å²) in [6, 6.07) is 3.30. The van der Waals surface area contributed by atoms with E-state index in [1.807, 2.05) is 10.8 Å². The number of hydrogen-bond donors (Lipinski definition) is 2. The fourth-order valence-corrected chi connectivity index (χ4v) is 1.83. The first kappa shape index (κ1) is 14.0. The SMILES string of the molecule is O=C(NCCCCn1ccnc1)c1cc(F)ccc1O. The van der Waals surface area contributed by atoms with E-state index in [-0.39, 0.29) is 11.3 Å². The zero-order valence-corrected chi connectivity index (χ0v) is 10.9. The van der Waals surface area contributed by atoms with Crippen molar-refractivity contribution in [1.82, 2.24) is 14.9 Å². The summed E-state index contributed by atoms with van der Waals surface area (Å²) < 4.78 is 15.0. The molecule has 0 saturated carbocycles.